The Morgan fingerprint density at radius 1 is 1.26 bits per heavy atom. The minimum atomic E-state index is -4.42. The smallest absolute Gasteiger partial charge is 0.422 e. The largest absolute Gasteiger partial charge is 0.483 e. The first-order valence-electron chi connectivity index (χ1n) is 7.98. The van der Waals surface area contributed by atoms with Gasteiger partial charge in [-0.05, 0) is 37.6 Å². The molecule has 5 nitrogen and oxygen atoms in total. The molecule has 1 atom stereocenters. The lowest BCUT2D eigenvalue weighted by Crippen LogP contribution is -2.31. The van der Waals surface area contributed by atoms with Gasteiger partial charge in [-0.25, -0.2) is 0 Å². The Balaban J connectivity index is 1.87. The number of carbonyl (C=O) groups excluding carboxylic acids is 1. The standard InChI is InChI=1S/C18H18ClF3N2O3/c1-11-4-3-5-14(19)17(11)26-9-16(25)24-12(2)15-7-6-13(8-23-15)27-10-18(20,21)22/h3-8,12H,9-10H2,1-2H3,(H,24,25)/t12-/m1/s1. The highest BCUT2D eigenvalue weighted by Crippen LogP contribution is 2.27. The van der Waals surface area contributed by atoms with E-state index in [9.17, 15) is 18.0 Å². The van der Waals surface area contributed by atoms with Crippen LogP contribution in [0.1, 0.15) is 24.2 Å². The van der Waals surface area contributed by atoms with Gasteiger partial charge in [0.05, 0.1) is 23.0 Å². The van der Waals surface area contributed by atoms with Gasteiger partial charge in [-0.15, -0.1) is 0 Å². The molecule has 9 heteroatoms. The van der Waals surface area contributed by atoms with Crippen LogP contribution in [-0.2, 0) is 4.79 Å². The fourth-order valence-electron chi connectivity index (χ4n) is 2.19. The van der Waals surface area contributed by atoms with Crippen molar-refractivity contribution in [2.24, 2.45) is 0 Å². The van der Waals surface area contributed by atoms with Gasteiger partial charge in [0, 0.05) is 0 Å². The van der Waals surface area contributed by atoms with Gasteiger partial charge in [0.25, 0.3) is 5.91 Å². The maximum absolute atomic E-state index is 12.1. The molecule has 0 aliphatic carbocycles. The Hall–Kier alpha value is -2.48. The summed E-state index contributed by atoms with van der Waals surface area (Å²) in [6, 6.07) is 7.63. The Morgan fingerprint density at radius 3 is 2.59 bits per heavy atom. The first-order valence-corrected chi connectivity index (χ1v) is 8.36. The average Bonchev–Trinajstić information content (AvgIpc) is 2.59. The number of rotatable bonds is 7. The molecule has 0 aliphatic heterocycles. The van der Waals surface area contributed by atoms with E-state index in [1.54, 1.807) is 19.1 Å². The molecular formula is C18H18ClF3N2O3. The molecule has 1 aromatic heterocycles. The second-order valence-corrected chi connectivity index (χ2v) is 6.19. The second-order valence-electron chi connectivity index (χ2n) is 5.79. The maximum Gasteiger partial charge on any atom is 0.422 e. The van der Waals surface area contributed by atoms with E-state index in [1.807, 2.05) is 13.0 Å². The summed E-state index contributed by atoms with van der Waals surface area (Å²) in [6.45, 7) is 1.88. The van der Waals surface area contributed by atoms with Gasteiger partial charge in [0.1, 0.15) is 11.5 Å². The summed E-state index contributed by atoms with van der Waals surface area (Å²) in [5, 5.41) is 3.10. The number of alkyl halides is 3. The van der Waals surface area contributed by atoms with E-state index in [0.717, 1.165) is 5.56 Å². The third kappa shape index (κ3) is 6.63. The molecule has 0 fully saturated rings. The number of nitrogens with one attached hydrogen (secondary N) is 1. The molecule has 146 valence electrons. The molecule has 0 spiro atoms. The summed E-state index contributed by atoms with van der Waals surface area (Å²) in [4.78, 5) is 16.1. The van der Waals surface area contributed by atoms with E-state index in [4.69, 9.17) is 16.3 Å². The maximum atomic E-state index is 12.1. The van der Waals surface area contributed by atoms with Crippen LogP contribution < -0.4 is 14.8 Å². The van der Waals surface area contributed by atoms with Crippen LogP contribution in [0.15, 0.2) is 36.5 Å². The number of carbonyl (C=O) groups is 1. The van der Waals surface area contributed by atoms with Crippen molar-refractivity contribution in [1.82, 2.24) is 10.3 Å². The van der Waals surface area contributed by atoms with E-state index in [0.29, 0.717) is 16.5 Å². The van der Waals surface area contributed by atoms with E-state index in [-0.39, 0.29) is 18.3 Å². The number of aromatic nitrogens is 1. The summed E-state index contributed by atoms with van der Waals surface area (Å²) in [6.07, 6.45) is -3.24. The van der Waals surface area contributed by atoms with Crippen molar-refractivity contribution in [3.05, 3.63) is 52.8 Å². The number of halogens is 4. The highest BCUT2D eigenvalue weighted by atomic mass is 35.5. The summed E-state index contributed by atoms with van der Waals surface area (Å²) in [7, 11) is 0. The quantitative estimate of drug-likeness (QED) is 0.752. The van der Waals surface area contributed by atoms with E-state index < -0.39 is 18.8 Å². The van der Waals surface area contributed by atoms with Crippen LogP contribution in [0.25, 0.3) is 0 Å². The molecule has 0 saturated heterocycles. The molecule has 27 heavy (non-hydrogen) atoms. The third-order valence-electron chi connectivity index (χ3n) is 3.49. The van der Waals surface area contributed by atoms with Crippen molar-refractivity contribution in [2.45, 2.75) is 26.1 Å². The average molecular weight is 403 g/mol. The first kappa shape index (κ1) is 20.8. The highest BCUT2D eigenvalue weighted by molar-refractivity contribution is 6.32. The first-order chi connectivity index (χ1) is 12.7. The van der Waals surface area contributed by atoms with Crippen LogP contribution in [0.2, 0.25) is 5.02 Å². The van der Waals surface area contributed by atoms with Crippen LogP contribution in [0.4, 0.5) is 13.2 Å². The molecule has 0 radical (unpaired) electrons. The van der Waals surface area contributed by atoms with Crippen LogP contribution >= 0.6 is 11.6 Å². The molecule has 1 aromatic carbocycles. The van der Waals surface area contributed by atoms with Crippen molar-refractivity contribution in [2.75, 3.05) is 13.2 Å². The van der Waals surface area contributed by atoms with Gasteiger partial charge < -0.3 is 14.8 Å². The molecule has 0 aliphatic rings. The Labute approximate surface area is 159 Å². The number of hydrogen-bond donors (Lipinski definition) is 1. The summed E-state index contributed by atoms with van der Waals surface area (Å²) in [5.74, 6) is 0.0411. The number of hydrogen-bond acceptors (Lipinski definition) is 4. The Kier molecular flexibility index (Phi) is 6.90. The number of pyridine rings is 1. The van der Waals surface area contributed by atoms with E-state index >= 15 is 0 Å². The van der Waals surface area contributed by atoms with Crippen molar-refractivity contribution in [1.29, 1.82) is 0 Å². The summed E-state index contributed by atoms with van der Waals surface area (Å²) in [5.41, 5.74) is 1.27. The van der Waals surface area contributed by atoms with Crippen molar-refractivity contribution >= 4 is 17.5 Å². The molecule has 0 saturated carbocycles. The van der Waals surface area contributed by atoms with Gasteiger partial charge in [-0.3, -0.25) is 9.78 Å². The Bertz CT molecular complexity index is 762. The van der Waals surface area contributed by atoms with E-state index in [1.165, 1.54) is 18.3 Å². The number of aryl methyl sites for hydroxylation is 1. The molecule has 1 amide bonds. The minimum Gasteiger partial charge on any atom is -0.483 e. The zero-order valence-corrected chi connectivity index (χ0v) is 15.4. The number of ether oxygens (including phenoxy) is 2. The molecule has 0 bridgehead atoms. The number of nitrogens with zero attached hydrogens (tertiary/aromatic N) is 1. The predicted molar refractivity (Wildman–Crippen MR) is 94.0 cm³/mol. The van der Waals surface area contributed by atoms with Crippen LogP contribution in [0, 0.1) is 6.92 Å². The van der Waals surface area contributed by atoms with Crippen molar-refractivity contribution in [3.8, 4) is 11.5 Å². The van der Waals surface area contributed by atoms with Crippen LogP contribution in [-0.4, -0.2) is 30.3 Å². The number of amides is 1. The molecule has 1 N–H and O–H groups in total. The summed E-state index contributed by atoms with van der Waals surface area (Å²) >= 11 is 6.03. The topological polar surface area (TPSA) is 60.5 Å². The SMILES string of the molecule is Cc1cccc(Cl)c1OCC(=O)N[C@H](C)c1ccc(OCC(F)(F)F)cn1. The van der Waals surface area contributed by atoms with Crippen LogP contribution in [0.5, 0.6) is 11.5 Å². The van der Waals surface area contributed by atoms with E-state index in [2.05, 4.69) is 15.0 Å². The van der Waals surface area contributed by atoms with Gasteiger partial charge in [-0.2, -0.15) is 13.2 Å². The fraction of sp³-hybridized carbons (Fsp3) is 0.333. The second kappa shape index (κ2) is 8.94. The molecule has 0 unspecified atom stereocenters. The molecule has 1 heterocycles. The van der Waals surface area contributed by atoms with Gasteiger partial charge in [0.15, 0.2) is 13.2 Å². The van der Waals surface area contributed by atoms with Gasteiger partial charge in [0.2, 0.25) is 0 Å². The van der Waals surface area contributed by atoms with Crippen molar-refractivity contribution < 1.29 is 27.4 Å². The number of para-hydroxylation sites is 1. The zero-order valence-electron chi connectivity index (χ0n) is 14.6. The monoisotopic (exact) mass is 402 g/mol. The van der Waals surface area contributed by atoms with Crippen LogP contribution in [0.3, 0.4) is 0 Å². The Morgan fingerprint density at radius 2 is 2.00 bits per heavy atom. The minimum absolute atomic E-state index is 0.00729. The molecule has 2 aromatic rings. The van der Waals surface area contributed by atoms with Crippen molar-refractivity contribution in [3.63, 3.8) is 0 Å². The molecular weight excluding hydrogens is 385 g/mol. The highest BCUT2D eigenvalue weighted by Gasteiger charge is 2.28. The number of benzene rings is 1. The lowest BCUT2D eigenvalue weighted by atomic mass is 10.2. The fourth-order valence-corrected chi connectivity index (χ4v) is 2.47. The zero-order chi connectivity index (χ0) is 20.0. The third-order valence-corrected chi connectivity index (χ3v) is 3.79. The predicted octanol–water partition coefficient (Wildman–Crippen LogP) is 4.24. The lowest BCUT2D eigenvalue weighted by molar-refractivity contribution is -0.153. The summed E-state index contributed by atoms with van der Waals surface area (Å²) < 4.78 is 46.4. The van der Waals surface area contributed by atoms with Gasteiger partial charge >= 0.3 is 6.18 Å². The van der Waals surface area contributed by atoms with Gasteiger partial charge in [-0.1, -0.05) is 23.7 Å². The normalized spacial score (nSPS) is 12.4. The lowest BCUT2D eigenvalue weighted by Gasteiger charge is -2.15. The molecule has 2 rings (SSSR count).